The molecule has 0 radical (unpaired) electrons. The van der Waals surface area contributed by atoms with Crippen molar-refractivity contribution in [3.63, 3.8) is 0 Å². The van der Waals surface area contributed by atoms with E-state index in [1.54, 1.807) is 18.7 Å². The molecule has 0 amide bonds. The molecule has 9 heteroatoms. The molecule has 31 heavy (non-hydrogen) atoms. The summed E-state index contributed by atoms with van der Waals surface area (Å²) in [7, 11) is 0. The number of hydrogen-bond acceptors (Lipinski definition) is 7. The van der Waals surface area contributed by atoms with Crippen LogP contribution in [0.5, 0.6) is 0 Å². The summed E-state index contributed by atoms with van der Waals surface area (Å²) in [5, 5.41) is 4.82. The second kappa shape index (κ2) is 8.83. The van der Waals surface area contributed by atoms with Gasteiger partial charge in [0.1, 0.15) is 0 Å². The van der Waals surface area contributed by atoms with Gasteiger partial charge in [-0.25, -0.2) is 14.6 Å². The average Bonchev–Trinajstić information content (AvgIpc) is 3.45. The average molecular weight is 434 g/mol. The molecule has 158 valence electrons. The first-order valence-electron chi connectivity index (χ1n) is 10.3. The van der Waals surface area contributed by atoms with Gasteiger partial charge in [0.15, 0.2) is 16.4 Å². The van der Waals surface area contributed by atoms with Gasteiger partial charge in [0.25, 0.3) is 0 Å². The lowest BCUT2D eigenvalue weighted by Crippen LogP contribution is -2.47. The highest BCUT2D eigenvalue weighted by atomic mass is 32.1. The minimum Gasteiger partial charge on any atom is -0.461 e. The molecule has 3 aromatic heterocycles. The summed E-state index contributed by atoms with van der Waals surface area (Å²) >= 11 is 5.82. The number of rotatable bonds is 6. The molecule has 0 spiro atoms. The third kappa shape index (κ3) is 4.28. The molecule has 0 N–H and O–H groups in total. The van der Waals surface area contributed by atoms with Crippen molar-refractivity contribution in [1.82, 2.24) is 29.2 Å². The highest BCUT2D eigenvalue weighted by Crippen LogP contribution is 2.21. The predicted molar refractivity (Wildman–Crippen MR) is 120 cm³/mol. The van der Waals surface area contributed by atoms with E-state index in [0.29, 0.717) is 23.7 Å². The number of anilines is 1. The van der Waals surface area contributed by atoms with Crippen molar-refractivity contribution in [2.24, 2.45) is 0 Å². The van der Waals surface area contributed by atoms with Crippen LogP contribution in [0.2, 0.25) is 0 Å². The number of benzene rings is 1. The van der Waals surface area contributed by atoms with Gasteiger partial charge >= 0.3 is 0 Å². The Morgan fingerprint density at radius 2 is 1.68 bits per heavy atom. The molecular weight excluding hydrogens is 410 g/mol. The van der Waals surface area contributed by atoms with Crippen molar-refractivity contribution in [3.05, 3.63) is 77.5 Å². The number of hydrogen-bond donors (Lipinski definition) is 0. The lowest BCUT2D eigenvalue weighted by molar-refractivity contribution is 0.193. The molecule has 8 nitrogen and oxygen atoms in total. The van der Waals surface area contributed by atoms with Gasteiger partial charge in [-0.15, -0.1) is 5.10 Å². The summed E-state index contributed by atoms with van der Waals surface area (Å²) in [6.07, 6.45) is 5.22. The van der Waals surface area contributed by atoms with Crippen LogP contribution in [0.15, 0.2) is 71.6 Å². The maximum atomic E-state index is 5.82. The van der Waals surface area contributed by atoms with Gasteiger partial charge in [0.05, 0.1) is 19.5 Å². The molecule has 0 bridgehead atoms. The first-order valence-corrected chi connectivity index (χ1v) is 10.7. The van der Waals surface area contributed by atoms with E-state index in [4.69, 9.17) is 21.7 Å². The standard InChI is InChI=1S/C22H23N7OS/c31-22-28(16-18-6-2-1-3-7-18)20(19-8-4-15-30-19)25-29(22)17-26-11-13-27(14-12-26)21-23-9-5-10-24-21/h1-10,15H,11-14,16-17H2. The number of aromatic nitrogens is 5. The SMILES string of the molecule is S=c1n(CN2CCN(c3ncccn3)CC2)nc(-c2ccco2)n1Cc1ccccc1. The van der Waals surface area contributed by atoms with E-state index in [1.165, 1.54) is 5.56 Å². The molecule has 0 aliphatic carbocycles. The van der Waals surface area contributed by atoms with E-state index in [-0.39, 0.29) is 0 Å². The fourth-order valence-corrected chi connectivity index (χ4v) is 4.01. The fraction of sp³-hybridized carbons (Fsp3) is 0.273. The molecule has 0 saturated carbocycles. The quantitative estimate of drug-likeness (QED) is 0.432. The summed E-state index contributed by atoms with van der Waals surface area (Å²) in [6, 6.07) is 15.9. The number of furan rings is 1. The number of nitrogens with zero attached hydrogens (tertiary/aromatic N) is 7. The van der Waals surface area contributed by atoms with E-state index >= 15 is 0 Å². The maximum absolute atomic E-state index is 5.82. The van der Waals surface area contributed by atoms with Crippen LogP contribution in [0.1, 0.15) is 5.56 Å². The molecule has 5 rings (SSSR count). The van der Waals surface area contributed by atoms with Crippen LogP contribution in [-0.4, -0.2) is 55.4 Å². The van der Waals surface area contributed by atoms with Crippen LogP contribution in [0.4, 0.5) is 5.95 Å². The third-order valence-corrected chi connectivity index (χ3v) is 5.82. The van der Waals surface area contributed by atoms with Crippen molar-refractivity contribution in [2.45, 2.75) is 13.2 Å². The lowest BCUT2D eigenvalue weighted by Gasteiger charge is -2.34. The van der Waals surface area contributed by atoms with Crippen LogP contribution in [0, 0.1) is 4.77 Å². The normalized spacial score (nSPS) is 14.8. The van der Waals surface area contributed by atoms with Gasteiger partial charge in [-0.3, -0.25) is 9.47 Å². The Labute approximate surface area is 185 Å². The molecular formula is C22H23N7OS. The lowest BCUT2D eigenvalue weighted by atomic mass is 10.2. The second-order valence-corrected chi connectivity index (χ2v) is 7.82. The summed E-state index contributed by atoms with van der Waals surface area (Å²) in [5.41, 5.74) is 1.17. The van der Waals surface area contributed by atoms with Crippen molar-refractivity contribution in [2.75, 3.05) is 31.1 Å². The van der Waals surface area contributed by atoms with E-state index in [1.807, 2.05) is 45.6 Å². The van der Waals surface area contributed by atoms with Gasteiger partial charge in [-0.2, -0.15) is 0 Å². The molecule has 1 aromatic carbocycles. The Kier molecular flexibility index (Phi) is 5.59. The minimum absolute atomic E-state index is 0.637. The minimum atomic E-state index is 0.637. The van der Waals surface area contributed by atoms with Crippen molar-refractivity contribution in [3.8, 4) is 11.6 Å². The van der Waals surface area contributed by atoms with Gasteiger partial charge in [0, 0.05) is 38.6 Å². The van der Waals surface area contributed by atoms with Crippen molar-refractivity contribution < 1.29 is 4.42 Å². The van der Waals surface area contributed by atoms with E-state index in [0.717, 1.165) is 38.0 Å². The van der Waals surface area contributed by atoms with E-state index < -0.39 is 0 Å². The highest BCUT2D eigenvalue weighted by molar-refractivity contribution is 7.71. The van der Waals surface area contributed by atoms with Crippen molar-refractivity contribution in [1.29, 1.82) is 0 Å². The summed E-state index contributed by atoms with van der Waals surface area (Å²) in [4.78, 5) is 13.3. The van der Waals surface area contributed by atoms with Crippen LogP contribution < -0.4 is 4.90 Å². The predicted octanol–water partition coefficient (Wildman–Crippen LogP) is 3.29. The van der Waals surface area contributed by atoms with Crippen molar-refractivity contribution >= 4 is 18.2 Å². The Hall–Kier alpha value is -3.30. The highest BCUT2D eigenvalue weighted by Gasteiger charge is 2.21. The monoisotopic (exact) mass is 433 g/mol. The van der Waals surface area contributed by atoms with Crippen LogP contribution in [-0.2, 0) is 13.2 Å². The first kappa shape index (κ1) is 19.7. The Morgan fingerprint density at radius 3 is 2.39 bits per heavy atom. The second-order valence-electron chi connectivity index (χ2n) is 7.45. The number of piperazine rings is 1. The van der Waals surface area contributed by atoms with E-state index in [2.05, 4.69) is 31.9 Å². The van der Waals surface area contributed by atoms with Gasteiger partial charge < -0.3 is 9.32 Å². The van der Waals surface area contributed by atoms with Crippen LogP contribution in [0.3, 0.4) is 0 Å². The molecule has 0 atom stereocenters. The summed E-state index contributed by atoms with van der Waals surface area (Å²) in [5.74, 6) is 2.24. The molecule has 4 heterocycles. The zero-order chi connectivity index (χ0) is 21.0. The summed E-state index contributed by atoms with van der Waals surface area (Å²) in [6.45, 7) is 4.80. The zero-order valence-corrected chi connectivity index (χ0v) is 17.9. The van der Waals surface area contributed by atoms with Crippen LogP contribution >= 0.6 is 12.2 Å². The Bertz CT molecular complexity index is 1160. The maximum Gasteiger partial charge on any atom is 0.225 e. The zero-order valence-electron chi connectivity index (χ0n) is 17.0. The smallest absolute Gasteiger partial charge is 0.225 e. The van der Waals surface area contributed by atoms with Gasteiger partial charge in [0.2, 0.25) is 5.95 Å². The molecule has 1 fully saturated rings. The Morgan fingerprint density at radius 1 is 0.903 bits per heavy atom. The first-order chi connectivity index (χ1) is 15.3. The van der Waals surface area contributed by atoms with Gasteiger partial charge in [-0.1, -0.05) is 30.3 Å². The van der Waals surface area contributed by atoms with Crippen LogP contribution in [0.25, 0.3) is 11.6 Å². The molecule has 0 unspecified atom stereocenters. The summed E-state index contributed by atoms with van der Waals surface area (Å²) < 4.78 is 10.3. The van der Waals surface area contributed by atoms with E-state index in [9.17, 15) is 0 Å². The molecule has 4 aromatic rings. The largest absolute Gasteiger partial charge is 0.461 e. The Balaban J connectivity index is 1.35. The molecule has 1 aliphatic rings. The van der Waals surface area contributed by atoms with Gasteiger partial charge in [-0.05, 0) is 36.0 Å². The fourth-order valence-electron chi connectivity index (χ4n) is 3.76. The molecule has 1 saturated heterocycles. The molecule has 1 aliphatic heterocycles. The third-order valence-electron chi connectivity index (χ3n) is 5.39. The topological polar surface area (TPSA) is 68.2 Å².